The summed E-state index contributed by atoms with van der Waals surface area (Å²) in [5.41, 5.74) is 0.914. The standard InChI is InChI=1S/C14H14Cl2F3NO/c1-8(12-5-10(15)6-20-12)9-2-3-13(11(16)4-9)21-7-14(17,18)19/h2-4,6,8,12,20H,5,7H2,1H3. The number of rotatable bonds is 4. The van der Waals surface area contributed by atoms with Gasteiger partial charge in [-0.25, -0.2) is 0 Å². The van der Waals surface area contributed by atoms with Crippen molar-refractivity contribution in [3.63, 3.8) is 0 Å². The third kappa shape index (κ3) is 4.45. The van der Waals surface area contributed by atoms with Gasteiger partial charge in [0.05, 0.1) is 5.02 Å². The van der Waals surface area contributed by atoms with E-state index in [9.17, 15) is 13.2 Å². The van der Waals surface area contributed by atoms with E-state index in [1.54, 1.807) is 18.3 Å². The second kappa shape index (κ2) is 6.36. The van der Waals surface area contributed by atoms with Crippen molar-refractivity contribution in [1.82, 2.24) is 5.32 Å². The molecule has 1 heterocycles. The fraction of sp³-hybridized carbons (Fsp3) is 0.429. The number of benzene rings is 1. The van der Waals surface area contributed by atoms with Gasteiger partial charge in [0.1, 0.15) is 5.75 Å². The average Bonchev–Trinajstić information content (AvgIpc) is 2.82. The maximum absolute atomic E-state index is 12.1. The lowest BCUT2D eigenvalue weighted by Gasteiger charge is -2.21. The molecule has 1 aromatic carbocycles. The van der Waals surface area contributed by atoms with Gasteiger partial charge in [-0.15, -0.1) is 0 Å². The predicted molar refractivity (Wildman–Crippen MR) is 76.9 cm³/mol. The van der Waals surface area contributed by atoms with E-state index in [2.05, 4.69) is 10.1 Å². The van der Waals surface area contributed by atoms with Crippen LogP contribution in [0, 0.1) is 0 Å². The molecule has 2 atom stereocenters. The van der Waals surface area contributed by atoms with E-state index in [0.717, 1.165) is 10.6 Å². The summed E-state index contributed by atoms with van der Waals surface area (Å²) in [5, 5.41) is 4.09. The van der Waals surface area contributed by atoms with Gasteiger partial charge in [-0.05, 0) is 17.7 Å². The van der Waals surface area contributed by atoms with Crippen molar-refractivity contribution in [3.8, 4) is 5.75 Å². The van der Waals surface area contributed by atoms with Gasteiger partial charge >= 0.3 is 6.18 Å². The first-order valence-electron chi connectivity index (χ1n) is 6.36. The van der Waals surface area contributed by atoms with Crippen LogP contribution in [0.15, 0.2) is 29.4 Å². The normalized spacial score (nSPS) is 19.9. The Kier molecular flexibility index (Phi) is 4.94. The molecule has 2 rings (SSSR count). The third-order valence-electron chi connectivity index (χ3n) is 3.35. The summed E-state index contributed by atoms with van der Waals surface area (Å²) < 4.78 is 41.1. The highest BCUT2D eigenvalue weighted by atomic mass is 35.5. The molecule has 21 heavy (non-hydrogen) atoms. The minimum absolute atomic E-state index is 0.0282. The van der Waals surface area contributed by atoms with E-state index in [1.165, 1.54) is 6.07 Å². The van der Waals surface area contributed by atoms with Crippen LogP contribution < -0.4 is 10.1 Å². The highest BCUT2D eigenvalue weighted by Crippen LogP contribution is 2.33. The summed E-state index contributed by atoms with van der Waals surface area (Å²) >= 11 is 11.9. The minimum Gasteiger partial charge on any atom is -0.483 e. The Morgan fingerprint density at radius 3 is 2.62 bits per heavy atom. The lowest BCUT2D eigenvalue weighted by Crippen LogP contribution is -2.25. The Labute approximate surface area is 130 Å². The summed E-state index contributed by atoms with van der Waals surface area (Å²) in [7, 11) is 0. The highest BCUT2D eigenvalue weighted by molar-refractivity contribution is 6.32. The van der Waals surface area contributed by atoms with Crippen LogP contribution in [-0.2, 0) is 0 Å². The summed E-state index contributed by atoms with van der Waals surface area (Å²) in [6.07, 6.45) is -1.91. The lowest BCUT2D eigenvalue weighted by atomic mass is 9.92. The van der Waals surface area contributed by atoms with Crippen LogP contribution in [0.25, 0.3) is 0 Å². The fourth-order valence-corrected chi connectivity index (χ4v) is 2.63. The lowest BCUT2D eigenvalue weighted by molar-refractivity contribution is -0.153. The summed E-state index contributed by atoms with van der Waals surface area (Å²) in [5.74, 6) is 0.146. The van der Waals surface area contributed by atoms with E-state index in [4.69, 9.17) is 23.2 Å². The van der Waals surface area contributed by atoms with E-state index in [1.807, 2.05) is 6.92 Å². The topological polar surface area (TPSA) is 21.3 Å². The van der Waals surface area contributed by atoms with Crippen LogP contribution in [0.2, 0.25) is 5.02 Å². The van der Waals surface area contributed by atoms with E-state index < -0.39 is 12.8 Å². The maximum atomic E-state index is 12.1. The number of alkyl halides is 3. The zero-order valence-corrected chi connectivity index (χ0v) is 12.7. The Hall–Kier alpha value is -1.07. The second-order valence-electron chi connectivity index (χ2n) is 4.95. The average molecular weight is 340 g/mol. The van der Waals surface area contributed by atoms with E-state index >= 15 is 0 Å². The van der Waals surface area contributed by atoms with Gasteiger partial charge in [-0.2, -0.15) is 13.2 Å². The van der Waals surface area contributed by atoms with Gasteiger partial charge in [-0.1, -0.05) is 36.2 Å². The number of halogens is 5. The smallest absolute Gasteiger partial charge is 0.422 e. The molecule has 1 N–H and O–H groups in total. The van der Waals surface area contributed by atoms with Crippen molar-refractivity contribution < 1.29 is 17.9 Å². The van der Waals surface area contributed by atoms with Crippen molar-refractivity contribution in [3.05, 3.63) is 40.0 Å². The first-order chi connectivity index (χ1) is 9.76. The molecule has 7 heteroatoms. The van der Waals surface area contributed by atoms with Crippen LogP contribution in [-0.4, -0.2) is 18.8 Å². The Bertz CT molecular complexity index is 546. The molecule has 0 saturated heterocycles. The molecular weight excluding hydrogens is 326 g/mol. The molecule has 0 saturated carbocycles. The molecule has 1 aliphatic heterocycles. The van der Waals surface area contributed by atoms with Gasteiger partial charge in [0, 0.05) is 29.6 Å². The molecule has 2 nitrogen and oxygen atoms in total. The van der Waals surface area contributed by atoms with E-state index in [0.29, 0.717) is 6.42 Å². The van der Waals surface area contributed by atoms with Crippen molar-refractivity contribution in [2.45, 2.75) is 31.5 Å². The summed E-state index contributed by atoms with van der Waals surface area (Å²) in [6, 6.07) is 4.96. The number of ether oxygens (including phenoxy) is 1. The first-order valence-corrected chi connectivity index (χ1v) is 7.11. The molecule has 0 bridgehead atoms. The molecular formula is C14H14Cl2F3NO. The number of hydrogen-bond acceptors (Lipinski definition) is 2. The fourth-order valence-electron chi connectivity index (χ4n) is 2.16. The van der Waals surface area contributed by atoms with Gasteiger partial charge in [0.25, 0.3) is 0 Å². The quantitative estimate of drug-likeness (QED) is 0.848. The van der Waals surface area contributed by atoms with Gasteiger partial charge in [-0.3, -0.25) is 0 Å². The molecule has 116 valence electrons. The molecule has 2 unspecified atom stereocenters. The summed E-state index contributed by atoms with van der Waals surface area (Å²) in [4.78, 5) is 0. The van der Waals surface area contributed by atoms with Crippen molar-refractivity contribution >= 4 is 23.2 Å². The highest BCUT2D eigenvalue weighted by Gasteiger charge is 2.29. The van der Waals surface area contributed by atoms with Gasteiger partial charge < -0.3 is 10.1 Å². The van der Waals surface area contributed by atoms with Crippen molar-refractivity contribution in [2.24, 2.45) is 0 Å². The van der Waals surface area contributed by atoms with E-state index in [-0.39, 0.29) is 22.7 Å². The zero-order chi connectivity index (χ0) is 15.6. The monoisotopic (exact) mass is 339 g/mol. The van der Waals surface area contributed by atoms with Crippen molar-refractivity contribution in [2.75, 3.05) is 6.61 Å². The van der Waals surface area contributed by atoms with Gasteiger partial charge in [0.15, 0.2) is 6.61 Å². The van der Waals surface area contributed by atoms with Crippen LogP contribution >= 0.6 is 23.2 Å². The molecule has 1 aliphatic rings. The Morgan fingerprint density at radius 2 is 2.10 bits per heavy atom. The number of nitrogens with one attached hydrogen (secondary N) is 1. The molecule has 0 radical (unpaired) electrons. The van der Waals surface area contributed by atoms with Crippen molar-refractivity contribution in [1.29, 1.82) is 0 Å². The zero-order valence-electron chi connectivity index (χ0n) is 11.2. The number of hydrogen-bond donors (Lipinski definition) is 1. The molecule has 1 aromatic rings. The first kappa shape index (κ1) is 16.3. The molecule has 0 aliphatic carbocycles. The third-order valence-corrected chi connectivity index (χ3v) is 3.90. The van der Waals surface area contributed by atoms with Crippen LogP contribution in [0.3, 0.4) is 0 Å². The van der Waals surface area contributed by atoms with Crippen LogP contribution in [0.1, 0.15) is 24.8 Å². The largest absolute Gasteiger partial charge is 0.483 e. The second-order valence-corrected chi connectivity index (χ2v) is 5.84. The molecule has 0 spiro atoms. The molecule has 0 aromatic heterocycles. The molecule has 0 amide bonds. The summed E-state index contributed by atoms with van der Waals surface area (Å²) in [6.45, 7) is 0.647. The SMILES string of the molecule is CC(c1ccc(OCC(F)(F)F)c(Cl)c1)C1CC(Cl)=CN1. The molecule has 0 fully saturated rings. The minimum atomic E-state index is -4.38. The van der Waals surface area contributed by atoms with Crippen LogP contribution in [0.5, 0.6) is 5.75 Å². The van der Waals surface area contributed by atoms with Crippen LogP contribution in [0.4, 0.5) is 13.2 Å². The predicted octanol–water partition coefficient (Wildman–Crippen LogP) is 4.83. The Morgan fingerprint density at radius 1 is 1.38 bits per heavy atom. The maximum Gasteiger partial charge on any atom is 0.422 e. The van der Waals surface area contributed by atoms with Gasteiger partial charge in [0.2, 0.25) is 0 Å². The Balaban J connectivity index is 2.05.